The normalized spacial score (nSPS) is 17.4. The SMILES string of the molecule is C.CC(=O)c1c[nH]c2c1C(=O)CC(c1ccc(F)cc1)CC2. The number of Topliss-reactive ketones (excluding diaryl/α,β-unsaturated/α-hetero) is 2. The van der Waals surface area contributed by atoms with Gasteiger partial charge >= 0.3 is 0 Å². The van der Waals surface area contributed by atoms with E-state index in [1.165, 1.54) is 19.1 Å². The number of nitrogens with one attached hydrogen (secondary N) is 1. The van der Waals surface area contributed by atoms with Crippen LogP contribution in [0.4, 0.5) is 4.39 Å². The number of H-pyrrole nitrogens is 1. The van der Waals surface area contributed by atoms with Gasteiger partial charge in [-0.05, 0) is 43.4 Å². The Morgan fingerprint density at radius 2 is 1.95 bits per heavy atom. The van der Waals surface area contributed by atoms with Gasteiger partial charge in [0.15, 0.2) is 11.6 Å². The Labute approximate surface area is 129 Å². The van der Waals surface area contributed by atoms with Gasteiger partial charge in [0.2, 0.25) is 0 Å². The minimum absolute atomic E-state index is 0. The summed E-state index contributed by atoms with van der Waals surface area (Å²) >= 11 is 0. The maximum Gasteiger partial charge on any atom is 0.166 e. The molecule has 0 amide bonds. The fraction of sp³-hybridized carbons (Fsp3) is 0.333. The second-order valence-electron chi connectivity index (χ2n) is 5.53. The van der Waals surface area contributed by atoms with Gasteiger partial charge in [0.25, 0.3) is 0 Å². The average Bonchev–Trinajstić information content (AvgIpc) is 2.81. The molecule has 0 radical (unpaired) electrons. The number of hydrogen-bond donors (Lipinski definition) is 1. The first-order chi connectivity index (χ1) is 10.1. The first-order valence-electron chi connectivity index (χ1n) is 7.06. The van der Waals surface area contributed by atoms with Crippen LogP contribution in [0.15, 0.2) is 30.5 Å². The highest BCUT2D eigenvalue weighted by atomic mass is 19.1. The van der Waals surface area contributed by atoms with Crippen LogP contribution in [0.5, 0.6) is 0 Å². The van der Waals surface area contributed by atoms with E-state index in [1.54, 1.807) is 18.3 Å². The minimum atomic E-state index is -0.275. The van der Waals surface area contributed by atoms with Gasteiger partial charge in [0.05, 0.1) is 0 Å². The van der Waals surface area contributed by atoms with Gasteiger partial charge in [-0.1, -0.05) is 19.6 Å². The van der Waals surface area contributed by atoms with Crippen molar-refractivity contribution in [2.24, 2.45) is 0 Å². The van der Waals surface area contributed by atoms with Crippen LogP contribution in [0.2, 0.25) is 0 Å². The van der Waals surface area contributed by atoms with Gasteiger partial charge in [-0.2, -0.15) is 0 Å². The van der Waals surface area contributed by atoms with Crippen molar-refractivity contribution in [3.63, 3.8) is 0 Å². The standard InChI is InChI=1S/C17H16FNO2.CH4/c1-10(20)14-9-19-15-7-4-12(8-16(21)17(14)15)11-2-5-13(18)6-3-11;/h2-3,5-6,9,12,19H,4,7-8H2,1H3;1H4. The predicted molar refractivity (Wildman–Crippen MR) is 83.9 cm³/mol. The number of halogens is 1. The maximum atomic E-state index is 13.0. The molecule has 3 rings (SSSR count). The van der Waals surface area contributed by atoms with E-state index in [-0.39, 0.29) is 30.7 Å². The monoisotopic (exact) mass is 301 g/mol. The van der Waals surface area contributed by atoms with Crippen molar-refractivity contribution in [1.82, 2.24) is 4.98 Å². The van der Waals surface area contributed by atoms with Crippen molar-refractivity contribution in [3.05, 3.63) is 58.7 Å². The van der Waals surface area contributed by atoms with E-state index in [9.17, 15) is 14.0 Å². The molecule has 22 heavy (non-hydrogen) atoms. The van der Waals surface area contributed by atoms with E-state index in [1.807, 2.05) is 0 Å². The number of hydrogen-bond acceptors (Lipinski definition) is 2. The average molecular weight is 301 g/mol. The van der Waals surface area contributed by atoms with E-state index in [0.717, 1.165) is 24.1 Å². The van der Waals surface area contributed by atoms with Crippen molar-refractivity contribution < 1.29 is 14.0 Å². The highest BCUT2D eigenvalue weighted by Crippen LogP contribution is 2.33. The van der Waals surface area contributed by atoms with E-state index >= 15 is 0 Å². The Kier molecular flexibility index (Phi) is 4.59. The maximum absolute atomic E-state index is 13.0. The zero-order chi connectivity index (χ0) is 15.0. The zero-order valence-corrected chi connectivity index (χ0v) is 11.8. The predicted octanol–water partition coefficient (Wildman–Crippen LogP) is 4.30. The highest BCUT2D eigenvalue weighted by Gasteiger charge is 2.28. The van der Waals surface area contributed by atoms with Gasteiger partial charge in [0.1, 0.15) is 5.82 Å². The number of fused-ring (bicyclic) bond motifs is 1. The first kappa shape index (κ1) is 16.1. The summed E-state index contributed by atoms with van der Waals surface area (Å²) in [5, 5.41) is 0. The van der Waals surface area contributed by atoms with Gasteiger partial charge in [-0.15, -0.1) is 0 Å². The zero-order valence-electron chi connectivity index (χ0n) is 11.8. The fourth-order valence-corrected chi connectivity index (χ4v) is 3.03. The Balaban J connectivity index is 0.00000176. The molecule has 1 N–H and O–H groups in total. The summed E-state index contributed by atoms with van der Waals surface area (Å²) in [6.07, 6.45) is 3.51. The Bertz CT molecular complexity index is 700. The third-order valence-electron chi connectivity index (χ3n) is 4.14. The molecule has 3 nitrogen and oxygen atoms in total. The molecule has 2 aromatic rings. The van der Waals surface area contributed by atoms with Gasteiger partial charge in [0, 0.05) is 29.4 Å². The largest absolute Gasteiger partial charge is 0.364 e. The summed E-state index contributed by atoms with van der Waals surface area (Å²) in [5.74, 6) is -0.314. The van der Waals surface area contributed by atoms with Gasteiger partial charge in [-0.3, -0.25) is 9.59 Å². The molecular weight excluding hydrogens is 281 g/mol. The molecule has 0 bridgehead atoms. The number of aryl methyl sites for hydroxylation is 1. The van der Waals surface area contributed by atoms with Crippen LogP contribution in [-0.4, -0.2) is 16.6 Å². The Hall–Kier alpha value is -2.23. The van der Waals surface area contributed by atoms with Crippen LogP contribution >= 0.6 is 0 Å². The van der Waals surface area contributed by atoms with Crippen LogP contribution in [0.1, 0.15) is 65.1 Å². The highest BCUT2D eigenvalue weighted by molar-refractivity contribution is 6.09. The number of carbonyl (C=O) groups excluding carboxylic acids is 2. The molecule has 1 aromatic heterocycles. The fourth-order valence-electron chi connectivity index (χ4n) is 3.03. The molecule has 1 aliphatic rings. The van der Waals surface area contributed by atoms with Crippen LogP contribution in [-0.2, 0) is 6.42 Å². The molecule has 1 heterocycles. The number of carbonyl (C=O) groups is 2. The topological polar surface area (TPSA) is 49.9 Å². The summed E-state index contributed by atoms with van der Waals surface area (Å²) in [6.45, 7) is 1.47. The summed E-state index contributed by atoms with van der Waals surface area (Å²) in [4.78, 5) is 27.2. The van der Waals surface area contributed by atoms with Crippen LogP contribution in [0, 0.1) is 5.82 Å². The number of rotatable bonds is 2. The lowest BCUT2D eigenvalue weighted by Gasteiger charge is -2.13. The van der Waals surface area contributed by atoms with E-state index in [2.05, 4.69) is 4.98 Å². The molecule has 0 aliphatic heterocycles. The Morgan fingerprint density at radius 3 is 2.59 bits per heavy atom. The molecule has 0 saturated carbocycles. The van der Waals surface area contributed by atoms with Crippen LogP contribution in [0.3, 0.4) is 0 Å². The molecule has 1 aromatic carbocycles. The van der Waals surface area contributed by atoms with E-state index < -0.39 is 0 Å². The second kappa shape index (κ2) is 6.26. The van der Waals surface area contributed by atoms with Crippen molar-refractivity contribution in [1.29, 1.82) is 0 Å². The molecule has 0 spiro atoms. The molecule has 1 atom stereocenters. The first-order valence-corrected chi connectivity index (χ1v) is 7.06. The number of benzene rings is 1. The summed E-state index contributed by atoms with van der Waals surface area (Å²) in [5.41, 5.74) is 2.84. The summed E-state index contributed by atoms with van der Waals surface area (Å²) in [7, 11) is 0. The lowest BCUT2D eigenvalue weighted by molar-refractivity contribution is 0.0957. The molecule has 116 valence electrons. The van der Waals surface area contributed by atoms with Gasteiger partial charge in [-0.25, -0.2) is 4.39 Å². The molecule has 4 heteroatoms. The van der Waals surface area contributed by atoms with E-state index in [0.29, 0.717) is 17.5 Å². The Morgan fingerprint density at radius 1 is 1.27 bits per heavy atom. The van der Waals surface area contributed by atoms with Crippen molar-refractivity contribution in [3.8, 4) is 0 Å². The third kappa shape index (κ3) is 2.86. The quantitative estimate of drug-likeness (QED) is 0.664. The summed E-state index contributed by atoms with van der Waals surface area (Å²) < 4.78 is 13.0. The molecule has 0 saturated heterocycles. The second-order valence-corrected chi connectivity index (χ2v) is 5.53. The summed E-state index contributed by atoms with van der Waals surface area (Å²) in [6, 6.07) is 6.31. The van der Waals surface area contributed by atoms with Crippen molar-refractivity contribution in [2.45, 2.75) is 39.5 Å². The lowest BCUT2D eigenvalue weighted by atomic mass is 9.90. The van der Waals surface area contributed by atoms with Crippen LogP contribution < -0.4 is 0 Å². The molecule has 1 aliphatic carbocycles. The van der Waals surface area contributed by atoms with Crippen LogP contribution in [0.25, 0.3) is 0 Å². The van der Waals surface area contributed by atoms with Gasteiger partial charge < -0.3 is 4.98 Å². The number of ketones is 2. The number of aromatic nitrogens is 1. The third-order valence-corrected chi connectivity index (χ3v) is 4.14. The minimum Gasteiger partial charge on any atom is -0.364 e. The molecular formula is C18H20FNO2. The lowest BCUT2D eigenvalue weighted by Crippen LogP contribution is -2.08. The van der Waals surface area contributed by atoms with Crippen molar-refractivity contribution in [2.75, 3.05) is 0 Å². The number of aromatic amines is 1. The van der Waals surface area contributed by atoms with E-state index in [4.69, 9.17) is 0 Å². The molecule has 0 fully saturated rings. The van der Waals surface area contributed by atoms with Crippen molar-refractivity contribution >= 4 is 11.6 Å². The smallest absolute Gasteiger partial charge is 0.166 e. The molecule has 1 unspecified atom stereocenters.